The number of halogens is 1. The van der Waals surface area contributed by atoms with E-state index in [9.17, 15) is 9.90 Å². The van der Waals surface area contributed by atoms with Gasteiger partial charge in [0.2, 0.25) is 0 Å². The highest BCUT2D eigenvalue weighted by Crippen LogP contribution is 2.26. The van der Waals surface area contributed by atoms with Gasteiger partial charge in [0.15, 0.2) is 0 Å². The maximum atomic E-state index is 12.3. The predicted octanol–water partition coefficient (Wildman–Crippen LogP) is 2.24. The summed E-state index contributed by atoms with van der Waals surface area (Å²) in [6.07, 6.45) is 1.82. The summed E-state index contributed by atoms with van der Waals surface area (Å²) in [7, 11) is 1.52. The molecule has 1 aromatic carbocycles. The van der Waals surface area contributed by atoms with Gasteiger partial charge in [-0.05, 0) is 31.0 Å². The quantitative estimate of drug-likeness (QED) is 0.838. The van der Waals surface area contributed by atoms with Crippen molar-refractivity contribution in [1.82, 2.24) is 4.90 Å². The second kappa shape index (κ2) is 5.48. The van der Waals surface area contributed by atoms with Crippen LogP contribution >= 0.6 is 11.6 Å². The molecule has 18 heavy (non-hydrogen) atoms. The first-order valence-corrected chi connectivity index (χ1v) is 6.36. The number of nitrogens with zero attached hydrogens (tertiary/aromatic N) is 1. The van der Waals surface area contributed by atoms with Gasteiger partial charge in [0, 0.05) is 13.1 Å². The summed E-state index contributed by atoms with van der Waals surface area (Å²) in [5.41, 5.74) is 0.264. The Morgan fingerprint density at radius 1 is 1.56 bits per heavy atom. The van der Waals surface area contributed by atoms with Gasteiger partial charge in [0.25, 0.3) is 5.91 Å². The highest BCUT2D eigenvalue weighted by Gasteiger charge is 2.25. The fourth-order valence-corrected chi connectivity index (χ4v) is 2.41. The summed E-state index contributed by atoms with van der Waals surface area (Å²) in [6, 6.07) is 4.64. The van der Waals surface area contributed by atoms with Gasteiger partial charge in [-0.3, -0.25) is 4.79 Å². The molecule has 0 bridgehead atoms. The number of aromatic hydroxyl groups is 1. The van der Waals surface area contributed by atoms with Crippen LogP contribution in [0.5, 0.6) is 11.5 Å². The van der Waals surface area contributed by atoms with Crippen LogP contribution in [-0.4, -0.2) is 41.5 Å². The number of phenolic OH excluding ortho intramolecular Hbond substituents is 1. The zero-order valence-corrected chi connectivity index (χ0v) is 11.0. The molecule has 0 aromatic heterocycles. The molecule has 1 amide bonds. The lowest BCUT2D eigenvalue weighted by atomic mass is 10.1. The maximum absolute atomic E-state index is 12.3. The minimum absolute atomic E-state index is 0.00421. The normalized spacial score (nSPS) is 19.7. The molecule has 1 heterocycles. The molecule has 1 atom stereocenters. The number of alkyl halides is 1. The van der Waals surface area contributed by atoms with Crippen LogP contribution in [0, 0.1) is 0 Å². The van der Waals surface area contributed by atoms with E-state index < -0.39 is 0 Å². The number of likely N-dealkylation sites (tertiary alicyclic amines) is 1. The average Bonchev–Trinajstić information content (AvgIpc) is 2.38. The van der Waals surface area contributed by atoms with E-state index in [0.29, 0.717) is 18.8 Å². The van der Waals surface area contributed by atoms with Gasteiger partial charge >= 0.3 is 0 Å². The number of amides is 1. The number of benzene rings is 1. The van der Waals surface area contributed by atoms with E-state index in [4.69, 9.17) is 16.3 Å². The van der Waals surface area contributed by atoms with Crippen molar-refractivity contribution in [1.29, 1.82) is 0 Å². The molecule has 0 spiro atoms. The number of carbonyl (C=O) groups excluding carboxylic acids is 1. The predicted molar refractivity (Wildman–Crippen MR) is 69.4 cm³/mol. The Morgan fingerprint density at radius 2 is 2.33 bits per heavy atom. The van der Waals surface area contributed by atoms with Gasteiger partial charge in [0.1, 0.15) is 11.5 Å². The largest absolute Gasteiger partial charge is 0.507 e. The molecule has 5 heteroatoms. The van der Waals surface area contributed by atoms with Crippen LogP contribution in [0.3, 0.4) is 0 Å². The third kappa shape index (κ3) is 2.70. The topological polar surface area (TPSA) is 49.8 Å². The van der Waals surface area contributed by atoms with Crippen LogP contribution in [0.15, 0.2) is 18.2 Å². The van der Waals surface area contributed by atoms with Gasteiger partial charge < -0.3 is 14.7 Å². The molecule has 1 fully saturated rings. The van der Waals surface area contributed by atoms with Crippen LogP contribution in [0.25, 0.3) is 0 Å². The lowest BCUT2D eigenvalue weighted by Crippen LogP contribution is -2.40. The molecule has 0 aliphatic carbocycles. The number of hydrogen-bond acceptors (Lipinski definition) is 3. The molecule has 0 radical (unpaired) electrons. The van der Waals surface area contributed by atoms with Crippen LogP contribution in [-0.2, 0) is 0 Å². The molecule has 1 unspecified atom stereocenters. The van der Waals surface area contributed by atoms with E-state index in [-0.39, 0.29) is 22.6 Å². The Hall–Kier alpha value is -1.42. The zero-order chi connectivity index (χ0) is 13.1. The molecule has 98 valence electrons. The number of piperidine rings is 1. The maximum Gasteiger partial charge on any atom is 0.257 e. The molecule has 1 N–H and O–H groups in total. The molecule has 0 saturated carbocycles. The Kier molecular flexibility index (Phi) is 3.97. The summed E-state index contributed by atoms with van der Waals surface area (Å²) in [5.74, 6) is 0.324. The SMILES string of the molecule is COc1ccc(O)c(C(=O)N2CCCC(Cl)C2)c1. The number of carbonyl (C=O) groups is 1. The second-order valence-electron chi connectivity index (χ2n) is 4.37. The Bertz CT molecular complexity index is 450. The van der Waals surface area contributed by atoms with Gasteiger partial charge in [-0.1, -0.05) is 0 Å². The van der Waals surface area contributed by atoms with Crippen molar-refractivity contribution < 1.29 is 14.6 Å². The number of ether oxygens (including phenoxy) is 1. The Labute approximate surface area is 111 Å². The van der Waals surface area contributed by atoms with Crippen molar-refractivity contribution in [3.8, 4) is 11.5 Å². The summed E-state index contributed by atoms with van der Waals surface area (Å²) in [5, 5.41) is 9.76. The number of phenols is 1. The highest BCUT2D eigenvalue weighted by molar-refractivity contribution is 6.21. The van der Waals surface area contributed by atoms with Gasteiger partial charge in [-0.25, -0.2) is 0 Å². The lowest BCUT2D eigenvalue weighted by Gasteiger charge is -2.30. The van der Waals surface area contributed by atoms with Crippen molar-refractivity contribution in [2.24, 2.45) is 0 Å². The van der Waals surface area contributed by atoms with Crippen LogP contribution in [0.1, 0.15) is 23.2 Å². The minimum atomic E-state index is -0.197. The second-order valence-corrected chi connectivity index (χ2v) is 4.99. The molecule has 1 aliphatic heterocycles. The number of methoxy groups -OCH3 is 1. The zero-order valence-electron chi connectivity index (χ0n) is 10.2. The number of hydrogen-bond donors (Lipinski definition) is 1. The van der Waals surface area contributed by atoms with E-state index in [1.807, 2.05) is 0 Å². The van der Waals surface area contributed by atoms with Gasteiger partial charge in [0.05, 0.1) is 18.1 Å². The van der Waals surface area contributed by atoms with Gasteiger partial charge in [-0.2, -0.15) is 0 Å². The fourth-order valence-electron chi connectivity index (χ4n) is 2.09. The highest BCUT2D eigenvalue weighted by atomic mass is 35.5. The van der Waals surface area contributed by atoms with Gasteiger partial charge in [-0.15, -0.1) is 11.6 Å². The minimum Gasteiger partial charge on any atom is -0.507 e. The monoisotopic (exact) mass is 269 g/mol. The Morgan fingerprint density at radius 3 is 3.00 bits per heavy atom. The Balaban J connectivity index is 2.22. The first-order chi connectivity index (χ1) is 8.61. The molecule has 1 aliphatic rings. The van der Waals surface area contributed by atoms with E-state index in [0.717, 1.165) is 12.8 Å². The van der Waals surface area contributed by atoms with Crippen LogP contribution in [0.2, 0.25) is 0 Å². The van der Waals surface area contributed by atoms with Crippen molar-refractivity contribution in [3.63, 3.8) is 0 Å². The third-order valence-electron chi connectivity index (χ3n) is 3.09. The summed E-state index contributed by atoms with van der Waals surface area (Å²) >= 11 is 6.06. The summed E-state index contributed by atoms with van der Waals surface area (Å²) in [6.45, 7) is 1.20. The number of rotatable bonds is 2. The average molecular weight is 270 g/mol. The molecule has 1 aromatic rings. The smallest absolute Gasteiger partial charge is 0.257 e. The van der Waals surface area contributed by atoms with E-state index in [1.165, 1.54) is 13.2 Å². The first-order valence-electron chi connectivity index (χ1n) is 5.92. The lowest BCUT2D eigenvalue weighted by molar-refractivity contribution is 0.0723. The molecule has 1 saturated heterocycles. The van der Waals surface area contributed by atoms with E-state index >= 15 is 0 Å². The fraction of sp³-hybridized carbons (Fsp3) is 0.462. The van der Waals surface area contributed by atoms with Crippen molar-refractivity contribution in [2.75, 3.05) is 20.2 Å². The summed E-state index contributed by atoms with van der Waals surface area (Å²) < 4.78 is 5.06. The van der Waals surface area contributed by atoms with E-state index in [2.05, 4.69) is 0 Å². The summed E-state index contributed by atoms with van der Waals surface area (Å²) in [4.78, 5) is 14.0. The molecular formula is C13H16ClNO3. The van der Waals surface area contributed by atoms with Crippen LogP contribution in [0.4, 0.5) is 0 Å². The standard InChI is InChI=1S/C13H16ClNO3/c1-18-10-4-5-12(16)11(7-10)13(17)15-6-2-3-9(14)8-15/h4-5,7,9,16H,2-3,6,8H2,1H3. The third-order valence-corrected chi connectivity index (χ3v) is 3.44. The van der Waals surface area contributed by atoms with Crippen molar-refractivity contribution in [2.45, 2.75) is 18.2 Å². The molecule has 4 nitrogen and oxygen atoms in total. The molecular weight excluding hydrogens is 254 g/mol. The first kappa shape index (κ1) is 13.0. The van der Waals surface area contributed by atoms with Crippen LogP contribution < -0.4 is 4.74 Å². The van der Waals surface area contributed by atoms with Crippen molar-refractivity contribution in [3.05, 3.63) is 23.8 Å². The van der Waals surface area contributed by atoms with Crippen molar-refractivity contribution >= 4 is 17.5 Å². The van der Waals surface area contributed by atoms with E-state index in [1.54, 1.807) is 17.0 Å². The molecule has 2 rings (SSSR count).